The van der Waals surface area contributed by atoms with E-state index in [9.17, 15) is 4.79 Å². The number of likely N-dealkylation sites (tertiary alicyclic amines) is 1. The Labute approximate surface area is 176 Å². The van der Waals surface area contributed by atoms with E-state index in [1.807, 2.05) is 60.7 Å². The molecule has 4 rings (SSSR count). The Balaban J connectivity index is 1.35. The second-order valence-corrected chi connectivity index (χ2v) is 7.79. The molecule has 1 amide bonds. The van der Waals surface area contributed by atoms with Crippen molar-refractivity contribution in [1.29, 1.82) is 0 Å². The summed E-state index contributed by atoms with van der Waals surface area (Å²) in [6, 6.07) is 11.6. The Morgan fingerprint density at radius 3 is 2.80 bits per heavy atom. The minimum Gasteiger partial charge on any atom is -0.494 e. The Hall–Kier alpha value is -3.09. The largest absolute Gasteiger partial charge is 0.494 e. The maximum atomic E-state index is 12.9. The highest BCUT2D eigenvalue weighted by atomic mass is 16.5. The van der Waals surface area contributed by atoms with Gasteiger partial charge in [-0.3, -0.25) is 9.48 Å². The van der Waals surface area contributed by atoms with Crippen LogP contribution in [-0.4, -0.2) is 45.4 Å². The van der Waals surface area contributed by atoms with E-state index in [0.29, 0.717) is 24.0 Å². The predicted octanol–water partition coefficient (Wildman–Crippen LogP) is 4.11. The summed E-state index contributed by atoms with van der Waals surface area (Å²) in [5.41, 5.74) is 3.17. The summed E-state index contributed by atoms with van der Waals surface area (Å²) in [4.78, 5) is 14.8. The van der Waals surface area contributed by atoms with Gasteiger partial charge in [0.05, 0.1) is 17.9 Å². The van der Waals surface area contributed by atoms with Crippen molar-refractivity contribution in [2.45, 2.75) is 40.2 Å². The lowest BCUT2D eigenvalue weighted by molar-refractivity contribution is 0.0775. The molecule has 1 saturated heterocycles. The number of hydrogen-bond acceptors (Lipinski definition) is 5. The zero-order valence-corrected chi connectivity index (χ0v) is 17.8. The van der Waals surface area contributed by atoms with Crippen molar-refractivity contribution in [3.63, 3.8) is 0 Å². The lowest BCUT2D eigenvalue weighted by Gasteiger charge is -2.15. The summed E-state index contributed by atoms with van der Waals surface area (Å²) in [5, 5.41) is 8.57. The molecule has 1 aliphatic rings. The Morgan fingerprint density at radius 1 is 1.27 bits per heavy atom. The van der Waals surface area contributed by atoms with Crippen LogP contribution in [0.4, 0.5) is 0 Å². The fraction of sp³-hybridized carbons (Fsp3) is 0.435. The van der Waals surface area contributed by atoms with E-state index in [1.165, 1.54) is 0 Å². The second kappa shape index (κ2) is 8.73. The number of hydrogen-bond donors (Lipinski definition) is 0. The maximum absolute atomic E-state index is 12.9. The van der Waals surface area contributed by atoms with E-state index < -0.39 is 0 Å². The molecule has 30 heavy (non-hydrogen) atoms. The van der Waals surface area contributed by atoms with Crippen molar-refractivity contribution in [1.82, 2.24) is 19.8 Å². The second-order valence-electron chi connectivity index (χ2n) is 7.79. The van der Waals surface area contributed by atoms with Crippen molar-refractivity contribution >= 4 is 5.91 Å². The summed E-state index contributed by atoms with van der Waals surface area (Å²) < 4.78 is 13.2. The van der Waals surface area contributed by atoms with E-state index in [2.05, 4.69) is 10.3 Å². The number of nitrogens with zero attached hydrogens (tertiary/aromatic N) is 4. The van der Waals surface area contributed by atoms with E-state index in [0.717, 1.165) is 55.2 Å². The fourth-order valence-corrected chi connectivity index (χ4v) is 4.13. The number of aromatic nitrogens is 3. The molecule has 1 aromatic carbocycles. The average molecular weight is 409 g/mol. The SMILES string of the molecule is CCn1nc(C)c(-c2cc(C(=O)N3CCC(CCOc4ccccc4)C3)no2)c1C. The molecule has 1 fully saturated rings. The van der Waals surface area contributed by atoms with Crippen molar-refractivity contribution in [2.75, 3.05) is 19.7 Å². The van der Waals surface area contributed by atoms with Crippen molar-refractivity contribution < 1.29 is 14.1 Å². The van der Waals surface area contributed by atoms with Gasteiger partial charge < -0.3 is 14.2 Å². The van der Waals surface area contributed by atoms with Crippen LogP contribution in [0.25, 0.3) is 11.3 Å². The van der Waals surface area contributed by atoms with Crippen LogP contribution in [0.5, 0.6) is 5.75 Å². The Morgan fingerprint density at radius 2 is 2.07 bits per heavy atom. The number of benzene rings is 1. The molecule has 1 aliphatic heterocycles. The zero-order chi connectivity index (χ0) is 21.1. The normalized spacial score (nSPS) is 16.2. The van der Waals surface area contributed by atoms with Gasteiger partial charge in [-0.05, 0) is 51.7 Å². The molecule has 7 heteroatoms. The topological polar surface area (TPSA) is 73.4 Å². The van der Waals surface area contributed by atoms with Crippen LogP contribution in [-0.2, 0) is 6.54 Å². The van der Waals surface area contributed by atoms with Gasteiger partial charge in [0, 0.05) is 31.4 Å². The third-order valence-electron chi connectivity index (χ3n) is 5.77. The lowest BCUT2D eigenvalue weighted by atomic mass is 10.1. The van der Waals surface area contributed by atoms with Crippen LogP contribution in [0.1, 0.15) is 41.6 Å². The van der Waals surface area contributed by atoms with Crippen LogP contribution in [0, 0.1) is 19.8 Å². The van der Waals surface area contributed by atoms with Gasteiger partial charge in [-0.25, -0.2) is 0 Å². The molecule has 1 unspecified atom stereocenters. The van der Waals surface area contributed by atoms with Gasteiger partial charge in [0.2, 0.25) is 0 Å². The number of carbonyl (C=O) groups excluding carboxylic acids is 1. The number of ether oxygens (including phenoxy) is 1. The van der Waals surface area contributed by atoms with Gasteiger partial charge in [-0.15, -0.1) is 0 Å². The first kappa shape index (κ1) is 20.2. The van der Waals surface area contributed by atoms with E-state index in [-0.39, 0.29) is 5.91 Å². The summed E-state index contributed by atoms with van der Waals surface area (Å²) in [6.07, 6.45) is 1.91. The molecule has 2 aromatic heterocycles. The Bertz CT molecular complexity index is 1010. The standard InChI is InChI=1S/C23H28N4O3/c1-4-27-17(3)22(16(2)24-27)21-14-20(25-30-21)23(28)26-12-10-18(15-26)11-13-29-19-8-6-5-7-9-19/h5-9,14,18H,4,10-13,15H2,1-3H3. The molecule has 7 nitrogen and oxygen atoms in total. The third kappa shape index (κ3) is 4.10. The number of para-hydroxylation sites is 1. The third-order valence-corrected chi connectivity index (χ3v) is 5.77. The molecule has 0 saturated carbocycles. The smallest absolute Gasteiger partial charge is 0.276 e. The van der Waals surface area contributed by atoms with Crippen molar-refractivity contribution in [3.8, 4) is 17.1 Å². The first-order valence-electron chi connectivity index (χ1n) is 10.5. The van der Waals surface area contributed by atoms with Crippen molar-refractivity contribution in [3.05, 3.63) is 53.5 Å². The zero-order valence-electron chi connectivity index (χ0n) is 17.8. The van der Waals surface area contributed by atoms with Gasteiger partial charge in [0.1, 0.15) is 5.75 Å². The molecule has 3 heterocycles. The average Bonchev–Trinajstić information content (AvgIpc) is 3.48. The van der Waals surface area contributed by atoms with Crippen molar-refractivity contribution in [2.24, 2.45) is 5.92 Å². The minimum absolute atomic E-state index is 0.0744. The Kier molecular flexibility index (Phi) is 5.88. The molecule has 158 valence electrons. The molecule has 0 spiro atoms. The summed E-state index contributed by atoms with van der Waals surface area (Å²) in [5.74, 6) is 1.85. The van der Waals surface area contributed by atoms with Crippen LogP contribution >= 0.6 is 0 Å². The first-order chi connectivity index (χ1) is 14.6. The number of carbonyl (C=O) groups is 1. The lowest BCUT2D eigenvalue weighted by Crippen LogP contribution is -2.29. The molecule has 1 atom stereocenters. The van der Waals surface area contributed by atoms with Gasteiger partial charge in [0.15, 0.2) is 11.5 Å². The van der Waals surface area contributed by atoms with E-state index in [1.54, 1.807) is 6.07 Å². The first-order valence-corrected chi connectivity index (χ1v) is 10.5. The summed E-state index contributed by atoms with van der Waals surface area (Å²) in [6.45, 7) is 8.91. The molecule has 3 aromatic rings. The quantitative estimate of drug-likeness (QED) is 0.588. The maximum Gasteiger partial charge on any atom is 0.276 e. The van der Waals surface area contributed by atoms with E-state index >= 15 is 0 Å². The van der Waals surface area contributed by atoms with Gasteiger partial charge in [-0.1, -0.05) is 23.4 Å². The number of rotatable bonds is 7. The minimum atomic E-state index is -0.0744. The number of aryl methyl sites for hydroxylation is 2. The predicted molar refractivity (Wildman–Crippen MR) is 113 cm³/mol. The monoisotopic (exact) mass is 408 g/mol. The van der Waals surface area contributed by atoms with Crippen LogP contribution in [0.3, 0.4) is 0 Å². The molecule has 0 aliphatic carbocycles. The molecular weight excluding hydrogens is 380 g/mol. The number of amides is 1. The molecule has 0 radical (unpaired) electrons. The van der Waals surface area contributed by atoms with Crippen LogP contribution in [0.2, 0.25) is 0 Å². The highest BCUT2D eigenvalue weighted by Crippen LogP contribution is 2.29. The molecular formula is C23H28N4O3. The van der Waals surface area contributed by atoms with Crippen LogP contribution < -0.4 is 4.74 Å². The molecule has 0 N–H and O–H groups in total. The summed E-state index contributed by atoms with van der Waals surface area (Å²) in [7, 11) is 0. The van der Waals surface area contributed by atoms with Gasteiger partial charge in [0.25, 0.3) is 5.91 Å². The summed E-state index contributed by atoms with van der Waals surface area (Å²) >= 11 is 0. The fourth-order valence-electron chi connectivity index (χ4n) is 4.13. The highest BCUT2D eigenvalue weighted by Gasteiger charge is 2.29. The van der Waals surface area contributed by atoms with E-state index in [4.69, 9.17) is 9.26 Å². The highest BCUT2D eigenvalue weighted by molar-refractivity contribution is 5.93. The van der Waals surface area contributed by atoms with Crippen LogP contribution in [0.15, 0.2) is 40.9 Å². The van der Waals surface area contributed by atoms with Gasteiger partial charge >= 0.3 is 0 Å². The van der Waals surface area contributed by atoms with Gasteiger partial charge in [-0.2, -0.15) is 5.10 Å². The molecule has 0 bridgehead atoms.